The van der Waals surface area contributed by atoms with Gasteiger partial charge in [-0.3, -0.25) is 0 Å². The minimum absolute atomic E-state index is 0. The van der Waals surface area contributed by atoms with Crippen molar-refractivity contribution in [3.05, 3.63) is 0 Å². The number of quaternary nitrogens is 1. The standard InChI is InChI=1S/C8H20N.BrH.4H2O/c1-5-9(6-2,7-3)8-4;;;;;/h5-8H2,1-4H3;1H;4*1H2/q+1;;;;;/p-1. The molecule has 0 aliphatic carbocycles. The van der Waals surface area contributed by atoms with Crippen molar-refractivity contribution in [1.29, 1.82) is 0 Å². The van der Waals surface area contributed by atoms with Gasteiger partial charge < -0.3 is 43.4 Å². The summed E-state index contributed by atoms with van der Waals surface area (Å²) in [5.41, 5.74) is 0. The molecule has 0 heterocycles. The van der Waals surface area contributed by atoms with E-state index in [1.807, 2.05) is 0 Å². The lowest BCUT2D eigenvalue weighted by Gasteiger charge is -2.34. The van der Waals surface area contributed by atoms with Crippen LogP contribution in [0.3, 0.4) is 0 Å². The van der Waals surface area contributed by atoms with Crippen LogP contribution in [-0.2, 0) is 0 Å². The third-order valence-electron chi connectivity index (χ3n) is 2.68. The molecule has 0 aliphatic rings. The number of nitrogens with zero attached hydrogens (tertiary/aromatic N) is 1. The van der Waals surface area contributed by atoms with Crippen molar-refractivity contribution in [2.24, 2.45) is 0 Å². The zero-order valence-corrected chi connectivity index (χ0v) is 11.2. The van der Waals surface area contributed by atoms with Crippen molar-refractivity contribution in [3.8, 4) is 0 Å². The van der Waals surface area contributed by atoms with Crippen LogP contribution < -0.4 is 17.0 Å². The van der Waals surface area contributed by atoms with Crippen molar-refractivity contribution in [2.45, 2.75) is 27.7 Å². The smallest absolute Gasteiger partial charge is 0.0757 e. The second-order valence-corrected chi connectivity index (χ2v) is 2.61. The Morgan fingerprint density at radius 3 is 0.714 bits per heavy atom. The first kappa shape index (κ1) is 36.7. The maximum Gasteiger partial charge on any atom is 0.0757 e. The van der Waals surface area contributed by atoms with Gasteiger partial charge in [0.2, 0.25) is 0 Å². The minimum atomic E-state index is 0. The predicted octanol–water partition coefficient (Wildman–Crippen LogP) is -4.41. The van der Waals surface area contributed by atoms with E-state index >= 15 is 0 Å². The van der Waals surface area contributed by atoms with Crippen LogP contribution in [0.25, 0.3) is 0 Å². The van der Waals surface area contributed by atoms with E-state index in [0.717, 1.165) is 0 Å². The van der Waals surface area contributed by atoms with Crippen molar-refractivity contribution in [1.82, 2.24) is 0 Å². The molecule has 0 aromatic carbocycles. The summed E-state index contributed by atoms with van der Waals surface area (Å²) in [6, 6.07) is 0. The molecule has 0 fully saturated rings. The second kappa shape index (κ2) is 18.9. The summed E-state index contributed by atoms with van der Waals surface area (Å²) < 4.78 is 1.28. The van der Waals surface area contributed by atoms with Crippen LogP contribution >= 0.6 is 0 Å². The van der Waals surface area contributed by atoms with Crippen molar-refractivity contribution < 1.29 is 43.4 Å². The van der Waals surface area contributed by atoms with E-state index in [2.05, 4.69) is 27.7 Å². The molecule has 8 N–H and O–H groups in total. The maximum atomic E-state index is 2.27. The second-order valence-electron chi connectivity index (χ2n) is 2.61. The van der Waals surface area contributed by atoms with E-state index in [1.165, 1.54) is 30.7 Å². The van der Waals surface area contributed by atoms with Crippen LogP contribution in [0.2, 0.25) is 0 Å². The first-order chi connectivity index (χ1) is 4.24. The van der Waals surface area contributed by atoms with E-state index in [9.17, 15) is 0 Å². The Morgan fingerprint density at radius 2 is 0.714 bits per heavy atom. The SMILES string of the molecule is CC[N+](CC)(CC)CC.O.O.O.O.[Br-]. The molecule has 14 heavy (non-hydrogen) atoms. The molecule has 96 valence electrons. The minimum Gasteiger partial charge on any atom is -1.00 e. The summed E-state index contributed by atoms with van der Waals surface area (Å²) in [6.45, 7) is 14.2. The van der Waals surface area contributed by atoms with E-state index in [0.29, 0.717) is 0 Å². The average Bonchev–Trinajstić information content (AvgIpc) is 1.95. The number of hydrogen-bond donors (Lipinski definition) is 0. The van der Waals surface area contributed by atoms with Gasteiger partial charge in [-0.2, -0.15) is 0 Å². The number of halogens is 1. The summed E-state index contributed by atoms with van der Waals surface area (Å²) >= 11 is 0. The lowest BCUT2D eigenvalue weighted by atomic mass is 10.3. The predicted molar refractivity (Wildman–Crippen MR) is 56.9 cm³/mol. The zero-order chi connectivity index (χ0) is 7.33. The van der Waals surface area contributed by atoms with Crippen LogP contribution in [0.5, 0.6) is 0 Å². The van der Waals surface area contributed by atoms with E-state index in [4.69, 9.17) is 0 Å². The molecule has 0 aliphatic heterocycles. The van der Waals surface area contributed by atoms with Crippen LogP contribution in [0.1, 0.15) is 27.7 Å². The van der Waals surface area contributed by atoms with E-state index in [1.54, 1.807) is 0 Å². The molecule has 0 aromatic rings. The van der Waals surface area contributed by atoms with Crippen LogP contribution in [0, 0.1) is 0 Å². The largest absolute Gasteiger partial charge is 1.00 e. The molecule has 0 saturated heterocycles. The summed E-state index contributed by atoms with van der Waals surface area (Å²) in [5.74, 6) is 0. The molecule has 0 amide bonds. The Kier molecular flexibility index (Phi) is 49.7. The van der Waals surface area contributed by atoms with Gasteiger partial charge in [-0.05, 0) is 27.7 Å². The normalized spacial score (nSPS) is 7.71. The molecule has 0 saturated carbocycles. The first-order valence-electron chi connectivity index (χ1n) is 4.09. The first-order valence-corrected chi connectivity index (χ1v) is 4.09. The van der Waals surface area contributed by atoms with E-state index in [-0.39, 0.29) is 38.9 Å². The van der Waals surface area contributed by atoms with Gasteiger partial charge in [0.05, 0.1) is 26.2 Å². The highest BCUT2D eigenvalue weighted by Crippen LogP contribution is 2.03. The van der Waals surface area contributed by atoms with Gasteiger partial charge in [0, 0.05) is 0 Å². The highest BCUT2D eigenvalue weighted by atomic mass is 79.9. The summed E-state index contributed by atoms with van der Waals surface area (Å²) in [4.78, 5) is 0. The monoisotopic (exact) mass is 281 g/mol. The van der Waals surface area contributed by atoms with Crippen LogP contribution in [0.4, 0.5) is 0 Å². The topological polar surface area (TPSA) is 126 Å². The van der Waals surface area contributed by atoms with Gasteiger partial charge in [-0.15, -0.1) is 0 Å². The average molecular weight is 282 g/mol. The fraction of sp³-hybridized carbons (Fsp3) is 1.00. The summed E-state index contributed by atoms with van der Waals surface area (Å²) in [6.07, 6.45) is 0. The number of rotatable bonds is 4. The molecule has 0 rings (SSSR count). The Hall–Kier alpha value is 0.280. The molecule has 0 radical (unpaired) electrons. The third kappa shape index (κ3) is 10.4. The molecule has 0 spiro atoms. The van der Waals surface area contributed by atoms with Gasteiger partial charge in [-0.25, -0.2) is 0 Å². The Bertz CT molecular complexity index is 64.2. The highest BCUT2D eigenvalue weighted by Gasteiger charge is 2.16. The lowest BCUT2D eigenvalue weighted by molar-refractivity contribution is -0.921. The fourth-order valence-corrected chi connectivity index (χ4v) is 1.34. The fourth-order valence-electron chi connectivity index (χ4n) is 1.34. The molecule has 5 nitrogen and oxygen atoms in total. The van der Waals surface area contributed by atoms with Crippen LogP contribution in [0.15, 0.2) is 0 Å². The van der Waals surface area contributed by atoms with Crippen molar-refractivity contribution in [2.75, 3.05) is 26.2 Å². The van der Waals surface area contributed by atoms with Gasteiger partial charge in [0.25, 0.3) is 0 Å². The molecular weight excluding hydrogens is 254 g/mol. The quantitative estimate of drug-likeness (QED) is 0.461. The highest BCUT2D eigenvalue weighted by molar-refractivity contribution is 4.31. The Balaban J connectivity index is -0.0000000320. The van der Waals surface area contributed by atoms with E-state index < -0.39 is 0 Å². The summed E-state index contributed by atoms with van der Waals surface area (Å²) in [5, 5.41) is 0. The zero-order valence-electron chi connectivity index (χ0n) is 9.65. The Labute approximate surface area is 97.7 Å². The molecule has 0 atom stereocenters. The Morgan fingerprint density at radius 1 is 0.571 bits per heavy atom. The molecule has 6 heteroatoms. The molecule has 0 aromatic heterocycles. The summed E-state index contributed by atoms with van der Waals surface area (Å²) in [7, 11) is 0. The van der Waals surface area contributed by atoms with Gasteiger partial charge in [0.1, 0.15) is 0 Å². The maximum absolute atomic E-state index is 2.27. The third-order valence-corrected chi connectivity index (χ3v) is 2.68. The van der Waals surface area contributed by atoms with Gasteiger partial charge in [-0.1, -0.05) is 0 Å². The number of hydrogen-bond acceptors (Lipinski definition) is 0. The van der Waals surface area contributed by atoms with Gasteiger partial charge in [0.15, 0.2) is 0 Å². The molecular formula is C8H28BrNO4. The van der Waals surface area contributed by atoms with Gasteiger partial charge >= 0.3 is 0 Å². The van der Waals surface area contributed by atoms with Crippen molar-refractivity contribution >= 4 is 0 Å². The lowest BCUT2D eigenvalue weighted by Crippen LogP contribution is -3.00. The molecule has 0 unspecified atom stereocenters. The molecule has 0 bridgehead atoms. The van der Waals surface area contributed by atoms with Crippen molar-refractivity contribution in [3.63, 3.8) is 0 Å². The van der Waals surface area contributed by atoms with Crippen LogP contribution in [-0.4, -0.2) is 52.6 Å².